The molecule has 0 bridgehead atoms. The summed E-state index contributed by atoms with van der Waals surface area (Å²) < 4.78 is 7.74. The van der Waals surface area contributed by atoms with Crippen LogP contribution >= 0.6 is 0 Å². The van der Waals surface area contributed by atoms with Crippen LogP contribution in [-0.2, 0) is 13.1 Å². The predicted octanol–water partition coefficient (Wildman–Crippen LogP) is 3.51. The van der Waals surface area contributed by atoms with Gasteiger partial charge in [0.1, 0.15) is 5.82 Å². The lowest BCUT2D eigenvalue weighted by atomic mass is 10.1. The van der Waals surface area contributed by atoms with Crippen LogP contribution in [0, 0.1) is 5.92 Å². The molecule has 0 radical (unpaired) electrons. The highest BCUT2D eigenvalue weighted by molar-refractivity contribution is 5.99. The maximum absolute atomic E-state index is 12.7. The Balaban J connectivity index is 1.72. The fraction of sp³-hybridized carbons (Fsp3) is 0.550. The Morgan fingerprint density at radius 3 is 2.73 bits per heavy atom. The van der Waals surface area contributed by atoms with Gasteiger partial charge in [-0.3, -0.25) is 4.79 Å². The Morgan fingerprint density at radius 2 is 2.04 bits per heavy atom. The van der Waals surface area contributed by atoms with Crippen LogP contribution in [0.15, 0.2) is 18.5 Å². The average Bonchev–Trinajstić information content (AvgIpc) is 3.35. The van der Waals surface area contributed by atoms with E-state index in [0.29, 0.717) is 23.9 Å². The number of fused-ring (bicyclic) bond motifs is 1. The molecule has 0 saturated heterocycles. The van der Waals surface area contributed by atoms with Crippen molar-refractivity contribution in [3.05, 3.63) is 29.7 Å². The van der Waals surface area contributed by atoms with Gasteiger partial charge in [0.05, 0.1) is 30.5 Å². The first-order chi connectivity index (χ1) is 12.6. The van der Waals surface area contributed by atoms with Gasteiger partial charge in [-0.1, -0.05) is 12.8 Å². The SMILES string of the molecule is COc1nc2c(cc1-c1nccn1CC1CCCC1)C(=O)N(C(C)C)C2. The lowest BCUT2D eigenvalue weighted by molar-refractivity contribution is 0.0730. The number of carbonyl (C=O) groups excluding carboxylic acids is 1. The first kappa shape index (κ1) is 17.1. The molecule has 1 fully saturated rings. The lowest BCUT2D eigenvalue weighted by Crippen LogP contribution is -2.30. The second kappa shape index (κ2) is 6.74. The summed E-state index contributed by atoms with van der Waals surface area (Å²) in [5, 5.41) is 0. The third kappa shape index (κ3) is 2.87. The maximum Gasteiger partial charge on any atom is 0.256 e. The van der Waals surface area contributed by atoms with Gasteiger partial charge in [0.15, 0.2) is 0 Å². The molecule has 138 valence electrons. The molecule has 1 amide bonds. The smallest absolute Gasteiger partial charge is 0.256 e. The van der Waals surface area contributed by atoms with Gasteiger partial charge in [-0.25, -0.2) is 9.97 Å². The summed E-state index contributed by atoms with van der Waals surface area (Å²) in [6, 6.07) is 2.06. The first-order valence-electron chi connectivity index (χ1n) is 9.49. The van der Waals surface area contributed by atoms with Gasteiger partial charge in [0.2, 0.25) is 5.88 Å². The Morgan fingerprint density at radius 1 is 1.27 bits per heavy atom. The topological polar surface area (TPSA) is 60.3 Å². The number of ether oxygens (including phenoxy) is 1. The first-order valence-corrected chi connectivity index (χ1v) is 9.49. The Hall–Kier alpha value is -2.37. The highest BCUT2D eigenvalue weighted by atomic mass is 16.5. The molecular formula is C20H26N4O2. The number of amides is 1. The summed E-state index contributed by atoms with van der Waals surface area (Å²) in [5.41, 5.74) is 2.26. The van der Waals surface area contributed by atoms with Crippen LogP contribution in [0.5, 0.6) is 5.88 Å². The number of rotatable bonds is 5. The minimum Gasteiger partial charge on any atom is -0.480 e. The third-order valence-electron chi connectivity index (χ3n) is 5.58. The van der Waals surface area contributed by atoms with Gasteiger partial charge in [-0.15, -0.1) is 0 Å². The summed E-state index contributed by atoms with van der Waals surface area (Å²) in [4.78, 5) is 23.8. The molecule has 3 heterocycles. The number of hydrogen-bond donors (Lipinski definition) is 0. The van der Waals surface area contributed by atoms with E-state index in [-0.39, 0.29) is 11.9 Å². The molecule has 0 spiro atoms. The number of aromatic nitrogens is 3. The lowest BCUT2D eigenvalue weighted by Gasteiger charge is -2.19. The van der Waals surface area contributed by atoms with E-state index in [9.17, 15) is 4.79 Å². The number of hydrogen-bond acceptors (Lipinski definition) is 4. The average molecular weight is 354 g/mol. The summed E-state index contributed by atoms with van der Waals surface area (Å²) in [6.07, 6.45) is 9.02. The Kier molecular flexibility index (Phi) is 4.42. The number of pyridine rings is 1. The van der Waals surface area contributed by atoms with E-state index in [1.165, 1.54) is 25.7 Å². The Bertz CT molecular complexity index is 821. The van der Waals surface area contributed by atoms with E-state index < -0.39 is 0 Å². The summed E-state index contributed by atoms with van der Waals surface area (Å²) in [6.45, 7) is 5.55. The second-order valence-electron chi connectivity index (χ2n) is 7.62. The van der Waals surface area contributed by atoms with Gasteiger partial charge >= 0.3 is 0 Å². The van der Waals surface area contributed by atoms with Crippen LogP contribution in [0.4, 0.5) is 0 Å². The highest BCUT2D eigenvalue weighted by Crippen LogP contribution is 2.35. The van der Waals surface area contributed by atoms with Crippen molar-refractivity contribution in [2.75, 3.05) is 7.11 Å². The summed E-state index contributed by atoms with van der Waals surface area (Å²) in [7, 11) is 1.62. The molecule has 0 unspecified atom stereocenters. The van der Waals surface area contributed by atoms with Crippen molar-refractivity contribution in [3.8, 4) is 17.3 Å². The quantitative estimate of drug-likeness (QED) is 0.824. The zero-order chi connectivity index (χ0) is 18.3. The molecule has 2 aliphatic rings. The molecule has 2 aromatic heterocycles. The van der Waals surface area contributed by atoms with E-state index >= 15 is 0 Å². The fourth-order valence-corrected chi connectivity index (χ4v) is 4.13. The monoisotopic (exact) mass is 354 g/mol. The number of methoxy groups -OCH3 is 1. The molecule has 6 nitrogen and oxygen atoms in total. The van der Waals surface area contributed by atoms with E-state index in [1.54, 1.807) is 7.11 Å². The van der Waals surface area contributed by atoms with Crippen LogP contribution in [0.1, 0.15) is 55.6 Å². The second-order valence-corrected chi connectivity index (χ2v) is 7.62. The van der Waals surface area contributed by atoms with E-state index in [4.69, 9.17) is 4.74 Å². The minimum absolute atomic E-state index is 0.0419. The molecule has 4 rings (SSSR count). The number of nitrogens with zero attached hydrogens (tertiary/aromatic N) is 4. The Labute approximate surface area is 154 Å². The van der Waals surface area contributed by atoms with Gasteiger partial charge in [-0.05, 0) is 38.7 Å². The zero-order valence-corrected chi connectivity index (χ0v) is 15.7. The van der Waals surface area contributed by atoms with E-state index in [1.807, 2.05) is 37.2 Å². The van der Waals surface area contributed by atoms with E-state index in [2.05, 4.69) is 14.5 Å². The molecule has 0 aromatic carbocycles. The number of carbonyl (C=O) groups is 1. The van der Waals surface area contributed by atoms with Crippen LogP contribution in [-0.4, -0.2) is 38.5 Å². The molecule has 1 saturated carbocycles. The van der Waals surface area contributed by atoms with E-state index in [0.717, 1.165) is 23.6 Å². The van der Waals surface area contributed by atoms with Crippen LogP contribution in [0.3, 0.4) is 0 Å². The summed E-state index contributed by atoms with van der Waals surface area (Å²) >= 11 is 0. The number of imidazole rings is 1. The molecule has 1 aliphatic carbocycles. The highest BCUT2D eigenvalue weighted by Gasteiger charge is 2.32. The molecule has 6 heteroatoms. The molecule has 2 aromatic rings. The zero-order valence-electron chi connectivity index (χ0n) is 15.7. The molecular weight excluding hydrogens is 328 g/mol. The molecule has 1 aliphatic heterocycles. The van der Waals surface area contributed by atoms with Crippen molar-refractivity contribution in [1.82, 2.24) is 19.4 Å². The fourth-order valence-electron chi connectivity index (χ4n) is 4.13. The van der Waals surface area contributed by atoms with Crippen LogP contribution in [0.2, 0.25) is 0 Å². The van der Waals surface area contributed by atoms with Crippen molar-refractivity contribution in [3.63, 3.8) is 0 Å². The minimum atomic E-state index is 0.0419. The van der Waals surface area contributed by atoms with Gasteiger partial charge in [0.25, 0.3) is 5.91 Å². The van der Waals surface area contributed by atoms with Gasteiger partial charge < -0.3 is 14.2 Å². The molecule has 26 heavy (non-hydrogen) atoms. The molecule has 0 atom stereocenters. The summed E-state index contributed by atoms with van der Waals surface area (Å²) in [5.74, 6) is 2.12. The standard InChI is InChI=1S/C20H26N4O2/c1-13(2)24-12-17-15(20(24)25)10-16(19(22-17)26-3)18-21-8-9-23(18)11-14-6-4-5-7-14/h8-10,13-14H,4-7,11-12H2,1-3H3. The van der Waals surface area contributed by atoms with Crippen LogP contribution in [0.25, 0.3) is 11.4 Å². The van der Waals surface area contributed by atoms with Gasteiger partial charge in [0, 0.05) is 25.0 Å². The third-order valence-corrected chi connectivity index (χ3v) is 5.58. The van der Waals surface area contributed by atoms with Crippen molar-refractivity contribution < 1.29 is 9.53 Å². The van der Waals surface area contributed by atoms with Gasteiger partial charge in [-0.2, -0.15) is 0 Å². The van der Waals surface area contributed by atoms with Crippen molar-refractivity contribution in [2.45, 2.75) is 58.7 Å². The predicted molar refractivity (Wildman–Crippen MR) is 99.0 cm³/mol. The molecule has 0 N–H and O–H groups in total. The van der Waals surface area contributed by atoms with Crippen molar-refractivity contribution in [2.24, 2.45) is 5.92 Å². The normalized spacial score (nSPS) is 17.4. The largest absolute Gasteiger partial charge is 0.480 e. The maximum atomic E-state index is 12.7. The van der Waals surface area contributed by atoms with Crippen LogP contribution < -0.4 is 4.74 Å². The van der Waals surface area contributed by atoms with Crippen molar-refractivity contribution in [1.29, 1.82) is 0 Å². The van der Waals surface area contributed by atoms with Crippen molar-refractivity contribution >= 4 is 5.91 Å².